The maximum Gasteiger partial charge on any atom is 0.293 e. The van der Waals surface area contributed by atoms with Crippen molar-refractivity contribution in [2.24, 2.45) is 0 Å². The Morgan fingerprint density at radius 1 is 1.25 bits per heavy atom. The number of methoxy groups -OCH3 is 1. The minimum absolute atomic E-state index is 0.118. The molecule has 4 rings (SSSR count). The van der Waals surface area contributed by atoms with Crippen LogP contribution in [0.1, 0.15) is 22.1 Å². The number of benzene rings is 1. The van der Waals surface area contributed by atoms with Crippen molar-refractivity contribution in [3.63, 3.8) is 0 Å². The first-order valence-corrected chi connectivity index (χ1v) is 8.38. The molecule has 0 aliphatic carbocycles. The SMILES string of the molecule is COc1cnc2nc(-c3cc(NC(=O)c4oc(C)nc4C)ccc3F)cn2c1. The molecule has 142 valence electrons. The number of aryl methyl sites for hydroxylation is 2. The number of fused-ring (bicyclic) bond motifs is 1. The van der Waals surface area contributed by atoms with Crippen LogP contribution in [0, 0.1) is 19.7 Å². The average molecular weight is 381 g/mol. The van der Waals surface area contributed by atoms with Crippen LogP contribution in [0.15, 0.2) is 41.2 Å². The molecule has 1 aromatic carbocycles. The number of nitrogens with one attached hydrogen (secondary N) is 1. The van der Waals surface area contributed by atoms with E-state index in [0.717, 1.165) is 0 Å². The molecule has 4 aromatic rings. The zero-order chi connectivity index (χ0) is 19.8. The number of ether oxygens (including phenoxy) is 1. The summed E-state index contributed by atoms with van der Waals surface area (Å²) < 4.78 is 26.5. The second kappa shape index (κ2) is 6.76. The highest BCUT2D eigenvalue weighted by molar-refractivity contribution is 6.03. The Kier molecular flexibility index (Phi) is 4.26. The van der Waals surface area contributed by atoms with Gasteiger partial charge in [-0.25, -0.2) is 19.3 Å². The molecule has 3 heterocycles. The molecule has 0 spiro atoms. The van der Waals surface area contributed by atoms with Crippen LogP contribution >= 0.6 is 0 Å². The Bertz CT molecular complexity index is 1200. The minimum Gasteiger partial charge on any atom is -0.494 e. The van der Waals surface area contributed by atoms with Crippen molar-refractivity contribution in [1.82, 2.24) is 19.4 Å². The van der Waals surface area contributed by atoms with Gasteiger partial charge in [-0.15, -0.1) is 0 Å². The standard InChI is InChI=1S/C19H16FN5O3/c1-10-17(28-11(2)22-10)18(26)23-12-4-5-15(20)14(6-12)16-9-25-8-13(27-3)7-21-19(25)24-16/h4-9H,1-3H3,(H,23,26). The highest BCUT2D eigenvalue weighted by Gasteiger charge is 2.17. The van der Waals surface area contributed by atoms with Gasteiger partial charge in [-0.1, -0.05) is 0 Å². The van der Waals surface area contributed by atoms with Gasteiger partial charge in [-0.05, 0) is 25.1 Å². The third-order valence-corrected chi connectivity index (χ3v) is 4.13. The number of rotatable bonds is 4. The van der Waals surface area contributed by atoms with Crippen molar-refractivity contribution in [3.05, 3.63) is 60.0 Å². The second-order valence-corrected chi connectivity index (χ2v) is 6.12. The molecular weight excluding hydrogens is 365 g/mol. The van der Waals surface area contributed by atoms with Gasteiger partial charge >= 0.3 is 0 Å². The van der Waals surface area contributed by atoms with Crippen LogP contribution in [0.5, 0.6) is 5.75 Å². The minimum atomic E-state index is -0.472. The van der Waals surface area contributed by atoms with Crippen molar-refractivity contribution in [2.45, 2.75) is 13.8 Å². The maximum absolute atomic E-state index is 14.4. The van der Waals surface area contributed by atoms with Crippen LogP contribution in [0.2, 0.25) is 0 Å². The van der Waals surface area contributed by atoms with E-state index in [2.05, 4.69) is 20.3 Å². The first-order chi connectivity index (χ1) is 13.4. The number of carbonyl (C=O) groups excluding carboxylic acids is 1. The van der Waals surface area contributed by atoms with Gasteiger partial charge in [0.25, 0.3) is 5.91 Å². The highest BCUT2D eigenvalue weighted by atomic mass is 19.1. The average Bonchev–Trinajstić information content (AvgIpc) is 3.24. The summed E-state index contributed by atoms with van der Waals surface area (Å²) in [6.07, 6.45) is 4.86. The molecule has 0 bridgehead atoms. The molecule has 0 aliphatic heterocycles. The molecule has 1 N–H and O–H groups in total. The van der Waals surface area contributed by atoms with E-state index in [-0.39, 0.29) is 11.3 Å². The summed E-state index contributed by atoms with van der Waals surface area (Å²) in [6, 6.07) is 4.23. The largest absolute Gasteiger partial charge is 0.494 e. The van der Waals surface area contributed by atoms with Crippen LogP contribution in [-0.2, 0) is 0 Å². The predicted octanol–water partition coefficient (Wildman–Crippen LogP) is 3.40. The number of imidazole rings is 1. The number of halogens is 1. The zero-order valence-electron chi connectivity index (χ0n) is 15.4. The third kappa shape index (κ3) is 3.18. The van der Waals surface area contributed by atoms with Crippen molar-refractivity contribution < 1.29 is 18.3 Å². The maximum atomic E-state index is 14.4. The van der Waals surface area contributed by atoms with Crippen LogP contribution in [0.3, 0.4) is 0 Å². The first-order valence-electron chi connectivity index (χ1n) is 8.38. The summed E-state index contributed by atoms with van der Waals surface area (Å²) in [5.74, 6) is 0.535. The topological polar surface area (TPSA) is 94.6 Å². The van der Waals surface area contributed by atoms with Gasteiger partial charge in [0, 0.05) is 24.4 Å². The highest BCUT2D eigenvalue weighted by Crippen LogP contribution is 2.26. The lowest BCUT2D eigenvalue weighted by Crippen LogP contribution is -2.12. The number of amides is 1. The molecule has 0 fully saturated rings. The van der Waals surface area contributed by atoms with E-state index >= 15 is 0 Å². The lowest BCUT2D eigenvalue weighted by Gasteiger charge is -2.06. The fourth-order valence-corrected chi connectivity index (χ4v) is 2.83. The smallest absolute Gasteiger partial charge is 0.293 e. The van der Waals surface area contributed by atoms with Crippen molar-refractivity contribution in [3.8, 4) is 17.0 Å². The fourth-order valence-electron chi connectivity index (χ4n) is 2.83. The normalized spacial score (nSPS) is 11.0. The number of hydrogen-bond donors (Lipinski definition) is 1. The molecule has 1 amide bonds. The van der Waals surface area contributed by atoms with E-state index in [9.17, 15) is 9.18 Å². The van der Waals surface area contributed by atoms with Crippen LogP contribution in [0.25, 0.3) is 17.0 Å². The molecule has 3 aromatic heterocycles. The molecular formula is C19H16FN5O3. The Labute approximate surface area is 159 Å². The van der Waals surface area contributed by atoms with Crippen LogP contribution in [-0.4, -0.2) is 32.4 Å². The Hall–Kier alpha value is -3.75. The lowest BCUT2D eigenvalue weighted by molar-refractivity contribution is 0.0994. The van der Waals surface area contributed by atoms with Gasteiger partial charge in [0.1, 0.15) is 5.82 Å². The molecule has 9 heteroatoms. The molecule has 0 saturated heterocycles. The lowest BCUT2D eigenvalue weighted by atomic mass is 10.1. The van der Waals surface area contributed by atoms with Gasteiger partial charge in [-0.3, -0.25) is 9.20 Å². The molecule has 8 nitrogen and oxygen atoms in total. The second-order valence-electron chi connectivity index (χ2n) is 6.12. The predicted molar refractivity (Wildman–Crippen MR) is 98.9 cm³/mol. The number of anilines is 1. The molecule has 28 heavy (non-hydrogen) atoms. The van der Waals surface area contributed by atoms with Crippen molar-refractivity contribution >= 4 is 17.4 Å². The summed E-state index contributed by atoms with van der Waals surface area (Å²) in [6.45, 7) is 3.34. The van der Waals surface area contributed by atoms with Crippen LogP contribution < -0.4 is 10.1 Å². The van der Waals surface area contributed by atoms with Gasteiger partial charge in [0.2, 0.25) is 11.5 Å². The van der Waals surface area contributed by atoms with Crippen LogP contribution in [0.4, 0.5) is 10.1 Å². The number of carbonyl (C=O) groups is 1. The zero-order valence-corrected chi connectivity index (χ0v) is 15.4. The molecule has 0 saturated carbocycles. The van der Waals surface area contributed by atoms with Gasteiger partial charge in [-0.2, -0.15) is 0 Å². The van der Waals surface area contributed by atoms with Gasteiger partial charge in [0.15, 0.2) is 11.6 Å². The Morgan fingerprint density at radius 3 is 2.79 bits per heavy atom. The monoisotopic (exact) mass is 381 g/mol. The van der Waals surface area contributed by atoms with E-state index in [1.165, 1.54) is 31.5 Å². The fraction of sp³-hybridized carbons (Fsp3) is 0.158. The molecule has 0 unspecified atom stereocenters. The molecule has 0 radical (unpaired) electrons. The summed E-state index contributed by atoms with van der Waals surface area (Å²) in [5.41, 5.74) is 1.49. The van der Waals surface area contributed by atoms with E-state index in [0.29, 0.717) is 34.5 Å². The third-order valence-electron chi connectivity index (χ3n) is 4.13. The number of oxazole rings is 1. The van der Waals surface area contributed by atoms with Crippen molar-refractivity contribution in [1.29, 1.82) is 0 Å². The summed E-state index contributed by atoms with van der Waals surface area (Å²) in [7, 11) is 1.53. The molecule has 0 atom stereocenters. The van der Waals surface area contributed by atoms with E-state index in [4.69, 9.17) is 9.15 Å². The van der Waals surface area contributed by atoms with Gasteiger partial charge < -0.3 is 14.5 Å². The number of aromatic nitrogens is 4. The number of hydrogen-bond acceptors (Lipinski definition) is 6. The van der Waals surface area contributed by atoms with E-state index in [1.807, 2.05) is 0 Å². The Balaban J connectivity index is 1.67. The summed E-state index contributed by atoms with van der Waals surface area (Å²) in [4.78, 5) is 25.0. The van der Waals surface area contributed by atoms with Gasteiger partial charge in [0.05, 0.1) is 30.9 Å². The quantitative estimate of drug-likeness (QED) is 0.582. The molecule has 0 aliphatic rings. The van der Waals surface area contributed by atoms with E-state index < -0.39 is 11.7 Å². The van der Waals surface area contributed by atoms with E-state index in [1.54, 1.807) is 30.6 Å². The summed E-state index contributed by atoms with van der Waals surface area (Å²) in [5, 5.41) is 2.69. The number of nitrogens with zero attached hydrogens (tertiary/aromatic N) is 4. The first kappa shape index (κ1) is 17.7. The van der Waals surface area contributed by atoms with Crippen molar-refractivity contribution in [2.75, 3.05) is 12.4 Å². The Morgan fingerprint density at radius 2 is 2.07 bits per heavy atom. The summed E-state index contributed by atoms with van der Waals surface area (Å²) >= 11 is 0.